The Morgan fingerprint density at radius 3 is 2.97 bits per heavy atom. The quantitative estimate of drug-likeness (QED) is 0.267. The Morgan fingerprint density at radius 1 is 1.19 bits per heavy atom. The summed E-state index contributed by atoms with van der Waals surface area (Å²) in [6, 6.07) is 10.2. The fourth-order valence-electron chi connectivity index (χ4n) is 4.31. The van der Waals surface area contributed by atoms with Crippen LogP contribution >= 0.6 is 22.7 Å². The Kier molecular flexibility index (Phi) is 7.88. The molecule has 0 aliphatic carbocycles. The zero-order valence-corrected chi connectivity index (χ0v) is 22.0. The van der Waals surface area contributed by atoms with Crippen molar-refractivity contribution in [2.45, 2.75) is 19.4 Å². The number of nitrogens with one attached hydrogen (secondary N) is 3. The number of fused-ring (bicyclic) bond motifs is 2. The normalized spacial score (nSPS) is 13.1. The molecule has 0 spiro atoms. The molecule has 5 rings (SSSR count). The summed E-state index contributed by atoms with van der Waals surface area (Å²) in [5.41, 5.74) is 5.28. The first-order valence-electron chi connectivity index (χ1n) is 11.9. The Balaban J connectivity index is 1.45. The highest BCUT2D eigenvalue weighted by Crippen LogP contribution is 2.45. The molecule has 0 saturated heterocycles. The number of nitrogens with zero attached hydrogens (tertiary/aromatic N) is 2. The number of anilines is 1. The second kappa shape index (κ2) is 11.4. The minimum Gasteiger partial charge on any atom is -0.481 e. The second-order valence-electron chi connectivity index (χ2n) is 8.44. The summed E-state index contributed by atoms with van der Waals surface area (Å²) < 4.78 is 11.6. The first kappa shape index (κ1) is 24.8. The van der Waals surface area contributed by atoms with E-state index in [1.54, 1.807) is 43.1 Å². The molecule has 0 radical (unpaired) electrons. The van der Waals surface area contributed by atoms with Crippen LogP contribution in [0.4, 0.5) is 5.00 Å². The maximum atomic E-state index is 12.7. The Hall–Kier alpha value is -2.89. The lowest BCUT2D eigenvalue weighted by molar-refractivity contribution is -0.116. The van der Waals surface area contributed by atoms with Gasteiger partial charge in [-0.2, -0.15) is 0 Å². The Labute approximate surface area is 218 Å². The summed E-state index contributed by atoms with van der Waals surface area (Å²) in [6.45, 7) is 3.70. The van der Waals surface area contributed by atoms with E-state index in [4.69, 9.17) is 14.5 Å². The van der Waals surface area contributed by atoms with Crippen molar-refractivity contribution in [2.75, 3.05) is 45.8 Å². The first-order valence-corrected chi connectivity index (χ1v) is 13.6. The van der Waals surface area contributed by atoms with Crippen molar-refractivity contribution in [3.8, 4) is 27.6 Å². The summed E-state index contributed by atoms with van der Waals surface area (Å²) in [5.74, 6) is 0.600. The summed E-state index contributed by atoms with van der Waals surface area (Å²) >= 11 is 3.31. The van der Waals surface area contributed by atoms with E-state index in [2.05, 4.69) is 33.1 Å². The van der Waals surface area contributed by atoms with Crippen LogP contribution in [0.5, 0.6) is 5.88 Å². The molecule has 0 saturated carbocycles. The van der Waals surface area contributed by atoms with Gasteiger partial charge in [0.15, 0.2) is 0 Å². The predicted octanol–water partition coefficient (Wildman–Crippen LogP) is 4.31. The third-order valence-corrected chi connectivity index (χ3v) is 8.25. The zero-order valence-electron chi connectivity index (χ0n) is 20.3. The van der Waals surface area contributed by atoms with E-state index in [0.29, 0.717) is 25.5 Å². The number of thiophene rings is 1. The van der Waals surface area contributed by atoms with Crippen molar-refractivity contribution in [2.24, 2.45) is 0 Å². The van der Waals surface area contributed by atoms with Crippen LogP contribution in [-0.4, -0.2) is 56.3 Å². The van der Waals surface area contributed by atoms with Crippen molar-refractivity contribution in [1.82, 2.24) is 20.6 Å². The number of aromatic nitrogens is 2. The van der Waals surface area contributed by atoms with Gasteiger partial charge in [0.2, 0.25) is 11.8 Å². The number of amides is 1. The number of ether oxygens (including phenoxy) is 2. The van der Waals surface area contributed by atoms with Crippen LogP contribution < -0.4 is 20.7 Å². The molecule has 4 aromatic rings. The molecule has 10 heteroatoms. The number of rotatable bonds is 10. The highest BCUT2D eigenvalue weighted by Gasteiger charge is 2.25. The molecule has 3 N–H and O–H groups in total. The van der Waals surface area contributed by atoms with Crippen LogP contribution in [0, 0.1) is 0 Å². The molecule has 0 fully saturated rings. The second-order valence-corrected chi connectivity index (χ2v) is 10.6. The number of hydrogen-bond donors (Lipinski definition) is 3. The largest absolute Gasteiger partial charge is 0.481 e. The van der Waals surface area contributed by atoms with Crippen LogP contribution in [0.2, 0.25) is 0 Å². The summed E-state index contributed by atoms with van der Waals surface area (Å²) in [4.78, 5) is 23.3. The lowest BCUT2D eigenvalue weighted by atomic mass is 10.0. The van der Waals surface area contributed by atoms with Crippen molar-refractivity contribution in [3.63, 3.8) is 0 Å². The highest BCUT2D eigenvalue weighted by molar-refractivity contribution is 7.23. The SMILES string of the molecule is COCCNCCC(=O)Nc1sc2c(c1-c1nc3ccc(-c4cccnc4OC)cc3s1)CCNC2. The number of pyridine rings is 1. The average Bonchev–Trinajstić information content (AvgIpc) is 3.48. The highest BCUT2D eigenvalue weighted by atomic mass is 32.1. The third kappa shape index (κ3) is 5.28. The van der Waals surface area contributed by atoms with Gasteiger partial charge in [0, 0.05) is 55.4 Å². The van der Waals surface area contributed by atoms with Gasteiger partial charge in [-0.05, 0) is 48.4 Å². The van der Waals surface area contributed by atoms with E-state index in [1.165, 1.54) is 10.4 Å². The van der Waals surface area contributed by atoms with Crippen LogP contribution in [0.25, 0.3) is 31.9 Å². The monoisotopic (exact) mass is 523 g/mol. The topological polar surface area (TPSA) is 97.4 Å². The van der Waals surface area contributed by atoms with Gasteiger partial charge in [0.25, 0.3) is 0 Å². The van der Waals surface area contributed by atoms with Crippen molar-refractivity contribution < 1.29 is 14.3 Å². The van der Waals surface area contributed by atoms with Gasteiger partial charge in [-0.15, -0.1) is 22.7 Å². The molecule has 8 nitrogen and oxygen atoms in total. The van der Waals surface area contributed by atoms with Crippen LogP contribution in [0.3, 0.4) is 0 Å². The average molecular weight is 524 g/mol. The van der Waals surface area contributed by atoms with Gasteiger partial charge in [0.1, 0.15) is 10.0 Å². The number of benzene rings is 1. The van der Waals surface area contributed by atoms with Gasteiger partial charge >= 0.3 is 0 Å². The fourth-order valence-corrected chi connectivity index (χ4v) is 6.69. The molecule has 0 atom stereocenters. The molecular weight excluding hydrogens is 494 g/mol. The van der Waals surface area contributed by atoms with Crippen LogP contribution in [-0.2, 0) is 22.5 Å². The first-order chi connectivity index (χ1) is 17.7. The van der Waals surface area contributed by atoms with Gasteiger partial charge in [-0.1, -0.05) is 6.07 Å². The summed E-state index contributed by atoms with van der Waals surface area (Å²) in [6.07, 6.45) is 3.05. The standard InChI is InChI=1S/C26H29N5O3S2/c1-33-13-12-27-11-8-22(32)31-26-23(18-7-10-28-15-21(18)36-26)25-30-19-6-5-16(14-20(19)35-25)17-4-3-9-29-24(17)34-2/h3-6,9,14,27-28H,7-8,10-13,15H2,1-2H3,(H,31,32). The summed E-state index contributed by atoms with van der Waals surface area (Å²) in [7, 11) is 3.30. The lowest BCUT2D eigenvalue weighted by Crippen LogP contribution is -2.24. The van der Waals surface area contributed by atoms with Crippen molar-refractivity contribution in [3.05, 3.63) is 47.0 Å². The fraction of sp³-hybridized carbons (Fsp3) is 0.346. The number of carbonyl (C=O) groups excluding carboxylic acids is 1. The van der Waals surface area contributed by atoms with E-state index in [0.717, 1.165) is 63.0 Å². The molecule has 188 valence electrons. The zero-order chi connectivity index (χ0) is 24.9. The number of thiazole rings is 1. The maximum absolute atomic E-state index is 12.7. The van der Waals surface area contributed by atoms with Gasteiger partial charge < -0.3 is 25.4 Å². The Bertz CT molecular complexity index is 1370. The molecule has 0 bridgehead atoms. The lowest BCUT2D eigenvalue weighted by Gasteiger charge is -2.13. The van der Waals surface area contributed by atoms with Crippen molar-refractivity contribution >= 4 is 43.8 Å². The molecule has 4 heterocycles. The van der Waals surface area contributed by atoms with Crippen LogP contribution in [0.15, 0.2) is 36.5 Å². The molecule has 3 aromatic heterocycles. The smallest absolute Gasteiger partial charge is 0.226 e. The van der Waals surface area contributed by atoms with Gasteiger partial charge in [0.05, 0.1) is 23.9 Å². The number of hydrogen-bond acceptors (Lipinski definition) is 9. The van der Waals surface area contributed by atoms with E-state index < -0.39 is 0 Å². The maximum Gasteiger partial charge on any atom is 0.226 e. The van der Waals surface area contributed by atoms with Crippen molar-refractivity contribution in [1.29, 1.82) is 0 Å². The van der Waals surface area contributed by atoms with E-state index in [9.17, 15) is 4.79 Å². The van der Waals surface area contributed by atoms with Gasteiger partial charge in [-0.25, -0.2) is 9.97 Å². The van der Waals surface area contributed by atoms with E-state index >= 15 is 0 Å². The van der Waals surface area contributed by atoms with Crippen LogP contribution in [0.1, 0.15) is 16.9 Å². The van der Waals surface area contributed by atoms with Gasteiger partial charge in [-0.3, -0.25) is 4.79 Å². The van der Waals surface area contributed by atoms with E-state index in [-0.39, 0.29) is 5.91 Å². The molecule has 0 unspecified atom stereocenters. The third-order valence-electron chi connectivity index (χ3n) is 6.07. The molecule has 36 heavy (non-hydrogen) atoms. The molecule has 1 aliphatic rings. The molecular formula is C26H29N5O3S2. The molecule has 1 amide bonds. The minimum atomic E-state index is -0.000192. The number of methoxy groups -OCH3 is 2. The summed E-state index contributed by atoms with van der Waals surface area (Å²) in [5, 5.41) is 11.7. The predicted molar refractivity (Wildman–Crippen MR) is 146 cm³/mol. The molecule has 1 aliphatic heterocycles. The minimum absolute atomic E-state index is 0.000192. The van der Waals surface area contributed by atoms with E-state index in [1.807, 2.05) is 18.2 Å². The molecule has 1 aromatic carbocycles. The number of carbonyl (C=O) groups is 1. The Morgan fingerprint density at radius 2 is 2.11 bits per heavy atom.